The maximum absolute atomic E-state index is 9.67. The van der Waals surface area contributed by atoms with Crippen LogP contribution in [0.3, 0.4) is 0 Å². The van der Waals surface area contributed by atoms with Crippen molar-refractivity contribution in [2.45, 2.75) is 36.2 Å². The molecule has 94 valence electrons. The molecule has 2 rings (SSSR count). The van der Waals surface area contributed by atoms with Gasteiger partial charge in [0.25, 0.3) is 0 Å². The van der Waals surface area contributed by atoms with Gasteiger partial charge in [-0.25, -0.2) is 0 Å². The summed E-state index contributed by atoms with van der Waals surface area (Å²) in [5.74, 6) is 0. The highest BCUT2D eigenvalue weighted by Crippen LogP contribution is 2.27. The van der Waals surface area contributed by atoms with Gasteiger partial charge in [0.1, 0.15) is 0 Å². The molecule has 0 aliphatic rings. The van der Waals surface area contributed by atoms with Gasteiger partial charge in [-0.3, -0.25) is 4.98 Å². The van der Waals surface area contributed by atoms with Crippen LogP contribution in [0.2, 0.25) is 0 Å². The highest BCUT2D eigenvalue weighted by atomic mass is 32.2. The fraction of sp³-hybridized carbons (Fsp3) is 0.267. The highest BCUT2D eigenvalue weighted by Gasteiger charge is 2.06. The van der Waals surface area contributed by atoms with Crippen LogP contribution in [-0.4, -0.2) is 10.1 Å². The molecule has 18 heavy (non-hydrogen) atoms. The molecular formula is C15H17NOS. The molecule has 0 saturated carbocycles. The molecular weight excluding hydrogens is 242 g/mol. The first-order valence-corrected chi connectivity index (χ1v) is 6.89. The molecule has 0 radical (unpaired) electrons. The van der Waals surface area contributed by atoms with Crippen molar-refractivity contribution in [3.63, 3.8) is 0 Å². The van der Waals surface area contributed by atoms with Crippen molar-refractivity contribution in [2.24, 2.45) is 0 Å². The molecule has 0 bridgehead atoms. The lowest BCUT2D eigenvalue weighted by atomic mass is 10.2. The van der Waals surface area contributed by atoms with E-state index in [4.69, 9.17) is 0 Å². The van der Waals surface area contributed by atoms with Crippen LogP contribution >= 0.6 is 11.8 Å². The zero-order chi connectivity index (χ0) is 13.0. The number of rotatable bonds is 4. The Kier molecular flexibility index (Phi) is 4.39. The minimum absolute atomic E-state index is 0.455. The predicted octanol–water partition coefficient (Wildman–Crippen LogP) is 3.98. The first-order chi connectivity index (χ1) is 8.69. The number of aliphatic hydroxyl groups excluding tert-OH is 1. The Bertz CT molecular complexity index is 493. The Balaban J connectivity index is 2.08. The van der Waals surface area contributed by atoms with Gasteiger partial charge in [-0.05, 0) is 37.6 Å². The summed E-state index contributed by atoms with van der Waals surface area (Å²) in [7, 11) is 0. The summed E-state index contributed by atoms with van der Waals surface area (Å²) >= 11 is 1.68. The van der Waals surface area contributed by atoms with Gasteiger partial charge in [0.15, 0.2) is 0 Å². The number of aromatic nitrogens is 1. The molecule has 1 aromatic carbocycles. The second-order valence-corrected chi connectivity index (χ2v) is 5.40. The topological polar surface area (TPSA) is 33.1 Å². The Morgan fingerprint density at radius 3 is 2.33 bits per heavy atom. The molecule has 0 fully saturated rings. The van der Waals surface area contributed by atoms with Crippen molar-refractivity contribution in [1.82, 2.24) is 4.98 Å². The molecule has 2 nitrogen and oxygen atoms in total. The zero-order valence-electron chi connectivity index (χ0n) is 10.6. The first kappa shape index (κ1) is 13.1. The summed E-state index contributed by atoms with van der Waals surface area (Å²) < 4.78 is 0. The van der Waals surface area contributed by atoms with E-state index in [0.717, 1.165) is 10.6 Å². The van der Waals surface area contributed by atoms with E-state index in [-0.39, 0.29) is 0 Å². The molecule has 1 unspecified atom stereocenters. The maximum atomic E-state index is 9.67. The largest absolute Gasteiger partial charge is 0.387 e. The van der Waals surface area contributed by atoms with Gasteiger partial charge in [-0.1, -0.05) is 36.4 Å². The van der Waals surface area contributed by atoms with E-state index in [2.05, 4.69) is 36.2 Å². The second-order valence-electron chi connectivity index (χ2n) is 4.26. The fourth-order valence-corrected chi connectivity index (χ4v) is 2.39. The highest BCUT2D eigenvalue weighted by molar-refractivity contribution is 7.99. The van der Waals surface area contributed by atoms with Crippen LogP contribution in [0.25, 0.3) is 0 Å². The molecule has 0 saturated heterocycles. The molecule has 3 heteroatoms. The summed E-state index contributed by atoms with van der Waals surface area (Å²) in [6.07, 6.45) is 2.05. The number of nitrogens with zero attached hydrogens (tertiary/aromatic N) is 1. The summed E-state index contributed by atoms with van der Waals surface area (Å²) in [6, 6.07) is 12.3. The molecule has 0 aliphatic heterocycles. The van der Waals surface area contributed by atoms with Gasteiger partial charge in [0, 0.05) is 16.0 Å². The summed E-state index contributed by atoms with van der Waals surface area (Å²) in [5.41, 5.74) is 2.00. The van der Waals surface area contributed by atoms with Crippen molar-refractivity contribution < 1.29 is 5.11 Å². The third-order valence-electron chi connectivity index (χ3n) is 2.74. The Morgan fingerprint density at radius 2 is 1.78 bits per heavy atom. The van der Waals surface area contributed by atoms with Crippen LogP contribution in [0.4, 0.5) is 0 Å². The van der Waals surface area contributed by atoms with Gasteiger partial charge >= 0.3 is 0 Å². The molecule has 0 spiro atoms. The number of aliphatic hydroxyl groups is 1. The monoisotopic (exact) mass is 259 g/mol. The molecule has 0 aliphatic carbocycles. The summed E-state index contributed by atoms with van der Waals surface area (Å²) in [6.45, 7) is 4.03. The number of aryl methyl sites for hydroxylation is 1. The van der Waals surface area contributed by atoms with E-state index in [1.54, 1.807) is 11.8 Å². The molecule has 1 atom stereocenters. The number of pyridine rings is 1. The Hall–Kier alpha value is -1.32. The molecule has 1 N–H and O–H groups in total. The lowest BCUT2D eigenvalue weighted by Gasteiger charge is -2.07. The van der Waals surface area contributed by atoms with Crippen molar-refractivity contribution in [1.29, 1.82) is 0 Å². The minimum atomic E-state index is -0.455. The van der Waals surface area contributed by atoms with Crippen LogP contribution in [-0.2, 0) is 0 Å². The smallest absolute Gasteiger partial charge is 0.0957 e. The van der Waals surface area contributed by atoms with Crippen LogP contribution < -0.4 is 0 Å². The van der Waals surface area contributed by atoms with Crippen molar-refractivity contribution >= 4 is 11.8 Å². The van der Waals surface area contributed by atoms with Crippen molar-refractivity contribution in [3.8, 4) is 0 Å². The Morgan fingerprint density at radius 1 is 1.11 bits per heavy atom. The normalized spacial score (nSPS) is 12.4. The van der Waals surface area contributed by atoms with Crippen LogP contribution in [0.5, 0.6) is 0 Å². The van der Waals surface area contributed by atoms with E-state index in [9.17, 15) is 5.11 Å². The lowest BCUT2D eigenvalue weighted by molar-refractivity contribution is 0.169. The van der Waals surface area contributed by atoms with Crippen LogP contribution in [0.1, 0.15) is 30.7 Å². The van der Waals surface area contributed by atoms with E-state index < -0.39 is 6.10 Å². The lowest BCUT2D eigenvalue weighted by Crippen LogP contribution is -1.97. The quantitative estimate of drug-likeness (QED) is 0.901. The number of benzene rings is 1. The third kappa shape index (κ3) is 3.34. The zero-order valence-corrected chi connectivity index (χ0v) is 11.4. The van der Waals surface area contributed by atoms with E-state index in [0.29, 0.717) is 6.42 Å². The van der Waals surface area contributed by atoms with Gasteiger partial charge in [0.2, 0.25) is 0 Å². The average molecular weight is 259 g/mol. The van der Waals surface area contributed by atoms with Crippen molar-refractivity contribution in [2.75, 3.05) is 0 Å². The van der Waals surface area contributed by atoms with Gasteiger partial charge < -0.3 is 5.11 Å². The van der Waals surface area contributed by atoms with E-state index in [1.807, 2.05) is 25.3 Å². The molecule has 0 amide bonds. The molecule has 2 aromatic rings. The SMILES string of the molecule is CCC(O)c1ccc(Sc2ccc(C)cc2)cn1. The van der Waals surface area contributed by atoms with Gasteiger partial charge in [-0.15, -0.1) is 0 Å². The second kappa shape index (κ2) is 6.03. The maximum Gasteiger partial charge on any atom is 0.0957 e. The fourth-order valence-electron chi connectivity index (χ4n) is 1.60. The van der Waals surface area contributed by atoms with E-state index >= 15 is 0 Å². The summed E-state index contributed by atoms with van der Waals surface area (Å²) in [5, 5.41) is 9.67. The first-order valence-electron chi connectivity index (χ1n) is 6.07. The minimum Gasteiger partial charge on any atom is -0.387 e. The van der Waals surface area contributed by atoms with Crippen molar-refractivity contribution in [3.05, 3.63) is 53.9 Å². The number of hydrogen-bond donors (Lipinski definition) is 1. The standard InChI is InChI=1S/C15H17NOS/c1-3-15(17)14-9-8-13(10-16-14)18-12-6-4-11(2)5-7-12/h4-10,15,17H,3H2,1-2H3. The van der Waals surface area contributed by atoms with Crippen LogP contribution in [0.15, 0.2) is 52.4 Å². The van der Waals surface area contributed by atoms with Gasteiger partial charge in [-0.2, -0.15) is 0 Å². The van der Waals surface area contributed by atoms with Crippen LogP contribution in [0, 0.1) is 6.92 Å². The number of hydrogen-bond acceptors (Lipinski definition) is 3. The molecule has 1 heterocycles. The summed E-state index contributed by atoms with van der Waals surface area (Å²) in [4.78, 5) is 6.58. The molecule has 1 aromatic heterocycles. The third-order valence-corrected chi connectivity index (χ3v) is 3.73. The predicted molar refractivity (Wildman–Crippen MR) is 74.8 cm³/mol. The van der Waals surface area contributed by atoms with Gasteiger partial charge in [0.05, 0.1) is 11.8 Å². The van der Waals surface area contributed by atoms with E-state index in [1.165, 1.54) is 10.5 Å². The Labute approximate surface area is 112 Å². The average Bonchev–Trinajstić information content (AvgIpc) is 2.41.